The largest absolute Gasteiger partial charge is 0.489 e. The van der Waals surface area contributed by atoms with Crippen molar-refractivity contribution < 1.29 is 19.4 Å². The second kappa shape index (κ2) is 8.41. The fourth-order valence-corrected chi connectivity index (χ4v) is 2.72. The Balaban J connectivity index is 1.64. The molecule has 0 bridgehead atoms. The maximum atomic E-state index is 11.3. The van der Waals surface area contributed by atoms with Gasteiger partial charge >= 0.3 is 5.97 Å². The van der Waals surface area contributed by atoms with Gasteiger partial charge in [0, 0.05) is 10.6 Å². The Morgan fingerprint density at radius 3 is 2.23 bits per heavy atom. The van der Waals surface area contributed by atoms with E-state index in [2.05, 4.69) is 0 Å². The van der Waals surface area contributed by atoms with Gasteiger partial charge in [-0.2, -0.15) is 0 Å². The molecule has 3 aromatic rings. The van der Waals surface area contributed by atoms with E-state index in [1.807, 2.05) is 54.6 Å². The molecule has 0 atom stereocenters. The number of carbonyl (C=O) groups is 1. The molecule has 26 heavy (non-hydrogen) atoms. The number of benzene rings is 3. The van der Waals surface area contributed by atoms with Gasteiger partial charge in [0.15, 0.2) is 0 Å². The van der Waals surface area contributed by atoms with Crippen LogP contribution < -0.4 is 9.47 Å². The number of hydrogen-bond donors (Lipinski definition) is 1. The first kappa shape index (κ1) is 17.8. The molecule has 132 valence electrons. The number of halogens is 1. The summed E-state index contributed by atoms with van der Waals surface area (Å²) in [6.45, 7) is 0.497. The Kier molecular flexibility index (Phi) is 5.77. The van der Waals surface area contributed by atoms with Crippen LogP contribution in [0, 0.1) is 0 Å². The summed E-state index contributed by atoms with van der Waals surface area (Å²) in [4.78, 5) is 11.3. The van der Waals surface area contributed by atoms with Crippen molar-refractivity contribution >= 4 is 17.6 Å². The van der Waals surface area contributed by atoms with Gasteiger partial charge in [-0.15, -0.1) is 0 Å². The predicted octanol–water partition coefficient (Wildman–Crippen LogP) is 5.16. The summed E-state index contributed by atoms with van der Waals surface area (Å²) < 4.78 is 11.4. The van der Waals surface area contributed by atoms with Gasteiger partial charge < -0.3 is 14.6 Å². The summed E-state index contributed by atoms with van der Waals surface area (Å²) in [5, 5.41) is 9.57. The van der Waals surface area contributed by atoms with Crippen molar-refractivity contribution in [2.75, 3.05) is 13.2 Å². The zero-order chi connectivity index (χ0) is 18.4. The maximum absolute atomic E-state index is 11.3. The molecule has 0 radical (unpaired) electrons. The third-order valence-electron chi connectivity index (χ3n) is 3.74. The third-order valence-corrected chi connectivity index (χ3v) is 3.98. The van der Waals surface area contributed by atoms with Crippen molar-refractivity contribution in [3.63, 3.8) is 0 Å². The fourth-order valence-electron chi connectivity index (χ4n) is 2.55. The van der Waals surface area contributed by atoms with Crippen molar-refractivity contribution in [1.29, 1.82) is 0 Å². The molecule has 1 N–H and O–H groups in total. The van der Waals surface area contributed by atoms with Crippen LogP contribution in [-0.4, -0.2) is 24.3 Å². The molecular weight excluding hydrogens is 352 g/mol. The molecule has 3 rings (SSSR count). The number of aromatic carboxylic acids is 1. The van der Waals surface area contributed by atoms with Gasteiger partial charge in [-0.05, 0) is 29.8 Å². The summed E-state index contributed by atoms with van der Waals surface area (Å²) >= 11 is 5.83. The van der Waals surface area contributed by atoms with Crippen LogP contribution in [0.15, 0.2) is 72.8 Å². The highest BCUT2D eigenvalue weighted by Crippen LogP contribution is 2.29. The van der Waals surface area contributed by atoms with E-state index in [0.29, 0.717) is 5.02 Å². The molecule has 4 nitrogen and oxygen atoms in total. The van der Waals surface area contributed by atoms with E-state index in [4.69, 9.17) is 21.1 Å². The van der Waals surface area contributed by atoms with Crippen LogP contribution in [-0.2, 0) is 0 Å². The van der Waals surface area contributed by atoms with Gasteiger partial charge in [-0.3, -0.25) is 0 Å². The van der Waals surface area contributed by atoms with E-state index in [0.717, 1.165) is 16.9 Å². The smallest absolute Gasteiger partial charge is 0.339 e. The molecule has 0 aliphatic rings. The second-order valence-corrected chi connectivity index (χ2v) is 5.94. The summed E-state index contributed by atoms with van der Waals surface area (Å²) in [6, 6.07) is 22.2. The summed E-state index contributed by atoms with van der Waals surface area (Å²) in [6.07, 6.45) is 0. The lowest BCUT2D eigenvalue weighted by molar-refractivity contribution is 0.0691. The molecule has 0 amide bonds. The molecule has 0 aliphatic heterocycles. The topological polar surface area (TPSA) is 55.8 Å². The minimum absolute atomic E-state index is 0.0298. The lowest BCUT2D eigenvalue weighted by atomic mass is 10.1. The number of para-hydroxylation sites is 1. The summed E-state index contributed by atoms with van der Waals surface area (Å²) in [7, 11) is 0. The van der Waals surface area contributed by atoms with Crippen LogP contribution in [0.4, 0.5) is 0 Å². The molecule has 0 heterocycles. The average molecular weight is 369 g/mol. The first-order chi connectivity index (χ1) is 12.6. The predicted molar refractivity (Wildman–Crippen MR) is 101 cm³/mol. The van der Waals surface area contributed by atoms with Crippen LogP contribution in [0.3, 0.4) is 0 Å². The highest BCUT2D eigenvalue weighted by Gasteiger charge is 2.12. The van der Waals surface area contributed by atoms with Crippen molar-refractivity contribution in [2.24, 2.45) is 0 Å². The lowest BCUT2D eigenvalue weighted by Crippen LogP contribution is -2.11. The van der Waals surface area contributed by atoms with Crippen molar-refractivity contribution in [3.8, 4) is 22.6 Å². The Labute approximate surface area is 156 Å². The van der Waals surface area contributed by atoms with E-state index in [9.17, 15) is 9.90 Å². The standard InChI is InChI=1S/C21H17ClO4/c22-16-10-11-20(18(14-16)21(23)24)26-13-12-25-19-9-5-4-8-17(19)15-6-2-1-3-7-15/h1-11,14H,12-13H2,(H,23,24). The van der Waals surface area contributed by atoms with E-state index in [1.165, 1.54) is 6.07 Å². The highest BCUT2D eigenvalue weighted by atomic mass is 35.5. The fraction of sp³-hybridized carbons (Fsp3) is 0.0952. The van der Waals surface area contributed by atoms with Crippen LogP contribution in [0.2, 0.25) is 5.02 Å². The second-order valence-electron chi connectivity index (χ2n) is 5.50. The molecule has 5 heteroatoms. The molecule has 0 unspecified atom stereocenters. The summed E-state index contributed by atoms with van der Waals surface area (Å²) in [5.74, 6) is -0.0726. The number of carboxylic acid groups (broad SMARTS) is 1. The molecular formula is C21H17ClO4. The molecule has 0 saturated carbocycles. The normalized spacial score (nSPS) is 10.3. The minimum atomic E-state index is -1.09. The molecule has 0 saturated heterocycles. The zero-order valence-electron chi connectivity index (χ0n) is 13.9. The van der Waals surface area contributed by atoms with E-state index < -0.39 is 5.97 Å². The Hall–Kier alpha value is -2.98. The lowest BCUT2D eigenvalue weighted by Gasteiger charge is -2.13. The van der Waals surface area contributed by atoms with Crippen LogP contribution >= 0.6 is 11.6 Å². The van der Waals surface area contributed by atoms with Crippen molar-refractivity contribution in [1.82, 2.24) is 0 Å². The van der Waals surface area contributed by atoms with Gasteiger partial charge in [-0.25, -0.2) is 4.79 Å². The van der Waals surface area contributed by atoms with Gasteiger partial charge in [0.05, 0.1) is 0 Å². The zero-order valence-corrected chi connectivity index (χ0v) is 14.6. The highest BCUT2D eigenvalue weighted by molar-refractivity contribution is 6.31. The van der Waals surface area contributed by atoms with E-state index in [1.54, 1.807) is 12.1 Å². The van der Waals surface area contributed by atoms with Crippen LogP contribution in [0.25, 0.3) is 11.1 Å². The molecule has 3 aromatic carbocycles. The maximum Gasteiger partial charge on any atom is 0.339 e. The van der Waals surface area contributed by atoms with Gasteiger partial charge in [-0.1, -0.05) is 60.1 Å². The van der Waals surface area contributed by atoms with Gasteiger partial charge in [0.2, 0.25) is 0 Å². The third kappa shape index (κ3) is 4.35. The first-order valence-corrected chi connectivity index (χ1v) is 8.46. The molecule has 0 spiro atoms. The van der Waals surface area contributed by atoms with Gasteiger partial charge in [0.1, 0.15) is 30.3 Å². The van der Waals surface area contributed by atoms with Gasteiger partial charge in [0.25, 0.3) is 0 Å². The Bertz CT molecular complexity index is 894. The number of hydrogen-bond acceptors (Lipinski definition) is 3. The molecule has 0 aliphatic carbocycles. The first-order valence-electron chi connectivity index (χ1n) is 8.08. The number of carboxylic acids is 1. The van der Waals surface area contributed by atoms with Crippen LogP contribution in [0.5, 0.6) is 11.5 Å². The summed E-state index contributed by atoms with van der Waals surface area (Å²) in [5.41, 5.74) is 2.09. The quantitative estimate of drug-likeness (QED) is 0.585. The molecule has 0 aromatic heterocycles. The number of rotatable bonds is 7. The van der Waals surface area contributed by atoms with E-state index in [-0.39, 0.29) is 24.5 Å². The Morgan fingerprint density at radius 1 is 0.846 bits per heavy atom. The minimum Gasteiger partial charge on any atom is -0.489 e. The van der Waals surface area contributed by atoms with Crippen molar-refractivity contribution in [2.45, 2.75) is 0 Å². The average Bonchev–Trinajstić information content (AvgIpc) is 2.67. The number of ether oxygens (including phenoxy) is 2. The molecule has 0 fully saturated rings. The monoisotopic (exact) mass is 368 g/mol. The van der Waals surface area contributed by atoms with Crippen LogP contribution in [0.1, 0.15) is 10.4 Å². The van der Waals surface area contributed by atoms with E-state index >= 15 is 0 Å². The Morgan fingerprint density at radius 2 is 1.50 bits per heavy atom. The van der Waals surface area contributed by atoms with Crippen molar-refractivity contribution in [3.05, 3.63) is 83.4 Å². The SMILES string of the molecule is O=C(O)c1cc(Cl)ccc1OCCOc1ccccc1-c1ccccc1.